The third-order valence-electron chi connectivity index (χ3n) is 1.96. The van der Waals surface area contributed by atoms with Gasteiger partial charge in [-0.25, -0.2) is 0 Å². The van der Waals surface area contributed by atoms with Crippen LogP contribution in [0.1, 0.15) is 25.7 Å². The maximum absolute atomic E-state index is 8.27. The minimum Gasteiger partial charge on any atom is -0.363 e. The Balaban J connectivity index is 2.24. The lowest BCUT2D eigenvalue weighted by molar-refractivity contribution is 0.0616. The molecule has 2 heteroatoms. The van der Waals surface area contributed by atoms with E-state index in [0.29, 0.717) is 0 Å². The molecule has 60 valence electrons. The first-order valence-electron chi connectivity index (χ1n) is 3.98. The topological polar surface area (TPSA) is 33.0 Å². The van der Waals surface area contributed by atoms with Gasteiger partial charge in [-0.15, -0.1) is 0 Å². The molecular formula is C9H13NO. The molecule has 0 aromatic heterocycles. The molecule has 11 heavy (non-hydrogen) atoms. The van der Waals surface area contributed by atoms with Gasteiger partial charge in [0.25, 0.3) is 0 Å². The van der Waals surface area contributed by atoms with Gasteiger partial charge in [-0.05, 0) is 25.7 Å². The van der Waals surface area contributed by atoms with Gasteiger partial charge in [-0.2, -0.15) is 5.26 Å². The van der Waals surface area contributed by atoms with E-state index in [1.807, 2.05) is 6.07 Å². The molecule has 1 fully saturated rings. The van der Waals surface area contributed by atoms with Crippen LogP contribution in [0.4, 0.5) is 0 Å². The first kappa shape index (κ1) is 8.29. The summed E-state index contributed by atoms with van der Waals surface area (Å²) in [5.74, 6) is 0. The fourth-order valence-corrected chi connectivity index (χ4v) is 1.40. The summed E-state index contributed by atoms with van der Waals surface area (Å²) >= 11 is 0. The Labute approximate surface area is 67.5 Å². The Bertz CT molecular complexity index is 180. The van der Waals surface area contributed by atoms with E-state index in [2.05, 4.69) is 6.58 Å². The zero-order valence-electron chi connectivity index (χ0n) is 6.68. The predicted octanol–water partition coefficient (Wildman–Crippen LogP) is 2.03. The second-order valence-electron chi connectivity index (χ2n) is 2.94. The molecule has 0 radical (unpaired) electrons. The zero-order chi connectivity index (χ0) is 8.10. The highest BCUT2D eigenvalue weighted by Gasteiger charge is 2.15. The lowest BCUT2D eigenvalue weighted by Gasteiger charge is -2.22. The van der Waals surface area contributed by atoms with Crippen LogP contribution >= 0.6 is 0 Å². The van der Waals surface area contributed by atoms with Crippen molar-refractivity contribution >= 4 is 0 Å². The highest BCUT2D eigenvalue weighted by Crippen LogP contribution is 2.23. The van der Waals surface area contributed by atoms with Gasteiger partial charge in [-0.1, -0.05) is 12.2 Å². The molecule has 2 nitrogen and oxygen atoms in total. The highest BCUT2D eigenvalue weighted by molar-refractivity contribution is 4.99. The maximum Gasteiger partial charge on any atom is 0.134 e. The van der Waals surface area contributed by atoms with Crippen LogP contribution in [0, 0.1) is 11.3 Å². The average molecular weight is 151 g/mol. The van der Waals surface area contributed by atoms with Gasteiger partial charge in [-0.3, -0.25) is 0 Å². The first-order valence-corrected chi connectivity index (χ1v) is 3.98. The highest BCUT2D eigenvalue weighted by atomic mass is 16.5. The zero-order valence-corrected chi connectivity index (χ0v) is 6.68. The average Bonchev–Trinajstić information content (AvgIpc) is 2.01. The van der Waals surface area contributed by atoms with Crippen molar-refractivity contribution in [2.75, 3.05) is 6.61 Å². The van der Waals surface area contributed by atoms with E-state index in [4.69, 9.17) is 10.00 Å². The molecule has 0 N–H and O–H groups in total. The van der Waals surface area contributed by atoms with Gasteiger partial charge in [0, 0.05) is 0 Å². The number of rotatable bonds is 2. The molecule has 0 aromatic carbocycles. The summed E-state index contributed by atoms with van der Waals surface area (Å²) in [6.07, 6.45) is 4.58. The maximum atomic E-state index is 8.27. The molecule has 1 atom stereocenters. The lowest BCUT2D eigenvalue weighted by atomic mass is 9.94. The van der Waals surface area contributed by atoms with Crippen molar-refractivity contribution < 1.29 is 4.74 Å². The second-order valence-corrected chi connectivity index (χ2v) is 2.94. The van der Waals surface area contributed by atoms with Crippen LogP contribution in [-0.4, -0.2) is 12.7 Å². The third kappa shape index (κ3) is 2.73. The molecule has 1 aliphatic rings. The number of ether oxygens (including phenoxy) is 1. The van der Waals surface area contributed by atoms with E-state index in [9.17, 15) is 0 Å². The largest absolute Gasteiger partial charge is 0.363 e. The van der Waals surface area contributed by atoms with Crippen LogP contribution in [0.25, 0.3) is 0 Å². The van der Waals surface area contributed by atoms with E-state index in [0.717, 1.165) is 25.7 Å². The quantitative estimate of drug-likeness (QED) is 0.566. The van der Waals surface area contributed by atoms with Crippen LogP contribution < -0.4 is 0 Å². The Hall–Kier alpha value is -0.810. The molecule has 0 spiro atoms. The van der Waals surface area contributed by atoms with Gasteiger partial charge in [0.15, 0.2) is 0 Å². The summed E-state index contributed by atoms with van der Waals surface area (Å²) in [6, 6.07) is 1.98. The van der Waals surface area contributed by atoms with E-state index in [1.165, 1.54) is 5.57 Å². The molecule has 0 saturated heterocycles. The van der Waals surface area contributed by atoms with E-state index < -0.39 is 0 Å². The van der Waals surface area contributed by atoms with E-state index >= 15 is 0 Å². The molecular weight excluding hydrogens is 138 g/mol. The van der Waals surface area contributed by atoms with Crippen LogP contribution in [0.2, 0.25) is 0 Å². The summed E-state index contributed by atoms with van der Waals surface area (Å²) < 4.78 is 5.28. The second kappa shape index (κ2) is 4.15. The molecule has 1 rings (SSSR count). The number of hydrogen-bond acceptors (Lipinski definition) is 2. The van der Waals surface area contributed by atoms with Gasteiger partial charge in [0.2, 0.25) is 0 Å². The van der Waals surface area contributed by atoms with E-state index in [-0.39, 0.29) is 12.7 Å². The van der Waals surface area contributed by atoms with Gasteiger partial charge in [0.05, 0.1) is 12.2 Å². The van der Waals surface area contributed by atoms with Crippen LogP contribution in [0.15, 0.2) is 12.2 Å². The minimum absolute atomic E-state index is 0.220. The third-order valence-corrected chi connectivity index (χ3v) is 1.96. The first-order chi connectivity index (χ1) is 5.33. The minimum atomic E-state index is 0.220. The Morgan fingerprint density at radius 1 is 1.73 bits per heavy atom. The molecule has 0 heterocycles. The number of nitrogens with zero attached hydrogens (tertiary/aromatic N) is 1. The van der Waals surface area contributed by atoms with Crippen LogP contribution in [0.5, 0.6) is 0 Å². The smallest absolute Gasteiger partial charge is 0.134 e. The predicted molar refractivity (Wildman–Crippen MR) is 43.0 cm³/mol. The summed E-state index contributed by atoms with van der Waals surface area (Å²) in [7, 11) is 0. The van der Waals surface area contributed by atoms with Crippen LogP contribution in [-0.2, 0) is 4.74 Å². The fraction of sp³-hybridized carbons (Fsp3) is 0.667. The van der Waals surface area contributed by atoms with Gasteiger partial charge in [0.1, 0.15) is 6.61 Å². The molecule has 1 saturated carbocycles. The lowest BCUT2D eigenvalue weighted by Crippen LogP contribution is -2.17. The number of nitriles is 1. The Morgan fingerprint density at radius 3 is 3.18 bits per heavy atom. The molecule has 0 bridgehead atoms. The summed E-state index contributed by atoms with van der Waals surface area (Å²) in [6.45, 7) is 4.13. The molecule has 0 amide bonds. The Morgan fingerprint density at radius 2 is 2.55 bits per heavy atom. The standard InChI is InChI=1S/C9H13NO/c1-8-3-2-4-9(7-8)11-6-5-10/h9H,1-4,6-7H2. The SMILES string of the molecule is C=C1CCCC(OCC#N)C1. The van der Waals surface area contributed by atoms with E-state index in [1.54, 1.807) is 0 Å². The van der Waals surface area contributed by atoms with Crippen molar-refractivity contribution in [2.24, 2.45) is 0 Å². The molecule has 1 unspecified atom stereocenters. The van der Waals surface area contributed by atoms with Gasteiger partial charge >= 0.3 is 0 Å². The van der Waals surface area contributed by atoms with Gasteiger partial charge < -0.3 is 4.74 Å². The molecule has 1 aliphatic carbocycles. The normalized spacial score (nSPS) is 24.6. The molecule has 0 aromatic rings. The van der Waals surface area contributed by atoms with Crippen molar-refractivity contribution in [2.45, 2.75) is 31.8 Å². The van der Waals surface area contributed by atoms with Crippen molar-refractivity contribution in [3.63, 3.8) is 0 Å². The van der Waals surface area contributed by atoms with Crippen molar-refractivity contribution in [3.05, 3.63) is 12.2 Å². The van der Waals surface area contributed by atoms with Crippen LogP contribution in [0.3, 0.4) is 0 Å². The summed E-state index contributed by atoms with van der Waals surface area (Å²) in [4.78, 5) is 0. The monoisotopic (exact) mass is 151 g/mol. The molecule has 0 aliphatic heterocycles. The van der Waals surface area contributed by atoms with Crippen molar-refractivity contribution in [3.8, 4) is 6.07 Å². The van der Waals surface area contributed by atoms with Crippen molar-refractivity contribution in [1.82, 2.24) is 0 Å². The number of hydrogen-bond donors (Lipinski definition) is 0. The summed E-state index contributed by atoms with van der Waals surface area (Å²) in [5, 5.41) is 8.27. The summed E-state index contributed by atoms with van der Waals surface area (Å²) in [5.41, 5.74) is 1.26. The van der Waals surface area contributed by atoms with Crippen molar-refractivity contribution in [1.29, 1.82) is 5.26 Å². The Kier molecular flexibility index (Phi) is 3.13. The fourth-order valence-electron chi connectivity index (χ4n) is 1.40.